The van der Waals surface area contributed by atoms with Crippen molar-refractivity contribution in [2.75, 3.05) is 25.2 Å². The zero-order valence-electron chi connectivity index (χ0n) is 6.52. The Kier molecular flexibility index (Phi) is 6.65. The average Bonchev–Trinajstić information content (AvgIpc) is 1.80. The van der Waals surface area contributed by atoms with E-state index in [1.807, 2.05) is 11.8 Å². The van der Waals surface area contributed by atoms with Crippen molar-refractivity contribution in [3.05, 3.63) is 0 Å². The second-order valence-corrected chi connectivity index (χ2v) is 3.61. The maximum atomic E-state index is 4.90. The summed E-state index contributed by atoms with van der Waals surface area (Å²) in [5, 5.41) is 0. The van der Waals surface area contributed by atoms with Gasteiger partial charge in [0.05, 0.1) is 6.61 Å². The first kappa shape index (κ1) is 9.31. The topological polar surface area (TPSA) is 9.23 Å². The molecule has 0 aromatic carbocycles. The quantitative estimate of drug-likeness (QED) is 0.552. The molecule has 0 aromatic heterocycles. The van der Waals surface area contributed by atoms with Crippen LogP contribution in [0.3, 0.4) is 0 Å². The molecular weight excluding hydrogens is 132 g/mol. The fraction of sp³-hybridized carbons (Fsp3) is 1.00. The van der Waals surface area contributed by atoms with Crippen molar-refractivity contribution in [1.29, 1.82) is 0 Å². The molecule has 0 aliphatic rings. The lowest BCUT2D eigenvalue weighted by atomic mass is 10.3. The Bertz CT molecular complexity index is 54.9. The van der Waals surface area contributed by atoms with E-state index in [-0.39, 0.29) is 0 Å². The molecule has 0 aliphatic heterocycles. The SMILES string of the molecule is COCCSCC(C)C. The molecule has 0 heterocycles. The van der Waals surface area contributed by atoms with Gasteiger partial charge in [-0.2, -0.15) is 11.8 Å². The van der Waals surface area contributed by atoms with E-state index in [2.05, 4.69) is 13.8 Å². The third kappa shape index (κ3) is 8.31. The lowest BCUT2D eigenvalue weighted by Gasteiger charge is -2.02. The number of methoxy groups -OCH3 is 1. The van der Waals surface area contributed by atoms with Crippen LogP contribution in [0.25, 0.3) is 0 Å². The molecule has 0 aliphatic carbocycles. The predicted molar refractivity (Wildman–Crippen MR) is 44.0 cm³/mol. The lowest BCUT2D eigenvalue weighted by Crippen LogP contribution is -1.96. The summed E-state index contributed by atoms with van der Waals surface area (Å²) in [6.45, 7) is 5.36. The van der Waals surface area contributed by atoms with E-state index in [9.17, 15) is 0 Å². The summed E-state index contributed by atoms with van der Waals surface area (Å²) in [7, 11) is 1.75. The molecule has 0 spiro atoms. The predicted octanol–water partition coefficient (Wildman–Crippen LogP) is 2.02. The van der Waals surface area contributed by atoms with Crippen LogP contribution < -0.4 is 0 Å². The normalized spacial score (nSPS) is 10.7. The minimum absolute atomic E-state index is 0.812. The van der Waals surface area contributed by atoms with Gasteiger partial charge in [-0.05, 0) is 11.7 Å². The van der Waals surface area contributed by atoms with Gasteiger partial charge in [0.25, 0.3) is 0 Å². The van der Waals surface area contributed by atoms with Crippen LogP contribution in [0.1, 0.15) is 13.8 Å². The first-order valence-corrected chi connectivity index (χ1v) is 4.49. The van der Waals surface area contributed by atoms with Crippen molar-refractivity contribution in [2.45, 2.75) is 13.8 Å². The average molecular weight is 148 g/mol. The van der Waals surface area contributed by atoms with Gasteiger partial charge in [0.2, 0.25) is 0 Å². The molecule has 9 heavy (non-hydrogen) atoms. The number of rotatable bonds is 5. The van der Waals surface area contributed by atoms with Crippen LogP contribution in [0.5, 0.6) is 0 Å². The summed E-state index contributed by atoms with van der Waals surface area (Å²) in [5.74, 6) is 3.20. The third-order valence-corrected chi connectivity index (χ3v) is 2.24. The summed E-state index contributed by atoms with van der Waals surface area (Å²) in [6, 6.07) is 0. The highest BCUT2D eigenvalue weighted by Crippen LogP contribution is 2.05. The van der Waals surface area contributed by atoms with Crippen LogP contribution >= 0.6 is 11.8 Å². The van der Waals surface area contributed by atoms with Gasteiger partial charge >= 0.3 is 0 Å². The maximum Gasteiger partial charge on any atom is 0.0552 e. The van der Waals surface area contributed by atoms with Crippen molar-refractivity contribution >= 4 is 11.8 Å². The highest BCUT2D eigenvalue weighted by Gasteiger charge is 1.92. The molecule has 0 amide bonds. The Morgan fingerprint density at radius 3 is 2.56 bits per heavy atom. The molecule has 0 radical (unpaired) electrons. The van der Waals surface area contributed by atoms with E-state index >= 15 is 0 Å². The zero-order valence-corrected chi connectivity index (χ0v) is 7.33. The van der Waals surface area contributed by atoms with E-state index in [1.54, 1.807) is 7.11 Å². The van der Waals surface area contributed by atoms with Gasteiger partial charge in [-0.15, -0.1) is 0 Å². The van der Waals surface area contributed by atoms with E-state index < -0.39 is 0 Å². The molecule has 0 unspecified atom stereocenters. The molecule has 56 valence electrons. The van der Waals surface area contributed by atoms with Crippen LogP contribution in [0.15, 0.2) is 0 Å². The van der Waals surface area contributed by atoms with Crippen LogP contribution in [0.2, 0.25) is 0 Å². The van der Waals surface area contributed by atoms with Gasteiger partial charge in [-0.1, -0.05) is 13.8 Å². The fourth-order valence-corrected chi connectivity index (χ4v) is 1.38. The monoisotopic (exact) mass is 148 g/mol. The first-order chi connectivity index (χ1) is 4.27. The molecule has 0 aromatic rings. The van der Waals surface area contributed by atoms with Gasteiger partial charge in [0, 0.05) is 12.9 Å². The molecule has 0 bridgehead atoms. The van der Waals surface area contributed by atoms with Gasteiger partial charge in [0.15, 0.2) is 0 Å². The molecule has 0 saturated heterocycles. The minimum Gasteiger partial charge on any atom is -0.384 e. The van der Waals surface area contributed by atoms with Crippen LogP contribution in [-0.4, -0.2) is 25.2 Å². The fourth-order valence-electron chi connectivity index (χ4n) is 0.461. The molecule has 0 atom stereocenters. The minimum atomic E-state index is 0.812. The Labute approximate surface area is 62.2 Å². The van der Waals surface area contributed by atoms with E-state index in [0.717, 1.165) is 18.3 Å². The summed E-state index contributed by atoms with van der Waals surface area (Å²) in [5.41, 5.74) is 0. The summed E-state index contributed by atoms with van der Waals surface area (Å²) in [4.78, 5) is 0. The summed E-state index contributed by atoms with van der Waals surface area (Å²) < 4.78 is 4.90. The molecule has 0 fully saturated rings. The molecule has 2 heteroatoms. The van der Waals surface area contributed by atoms with Gasteiger partial charge in [0.1, 0.15) is 0 Å². The Hall–Kier alpha value is 0.310. The zero-order chi connectivity index (χ0) is 7.11. The Balaban J connectivity index is 2.75. The lowest BCUT2D eigenvalue weighted by molar-refractivity contribution is 0.218. The molecule has 0 saturated carbocycles. The number of ether oxygens (including phenoxy) is 1. The van der Waals surface area contributed by atoms with Crippen molar-refractivity contribution in [3.8, 4) is 0 Å². The number of hydrogen-bond donors (Lipinski definition) is 0. The number of hydrogen-bond acceptors (Lipinski definition) is 2. The van der Waals surface area contributed by atoms with Crippen molar-refractivity contribution in [2.24, 2.45) is 5.92 Å². The van der Waals surface area contributed by atoms with Crippen LogP contribution in [0.4, 0.5) is 0 Å². The summed E-state index contributed by atoms with van der Waals surface area (Å²) >= 11 is 1.96. The first-order valence-electron chi connectivity index (χ1n) is 3.34. The van der Waals surface area contributed by atoms with E-state index in [0.29, 0.717) is 0 Å². The summed E-state index contributed by atoms with van der Waals surface area (Å²) in [6.07, 6.45) is 0. The van der Waals surface area contributed by atoms with Gasteiger partial charge in [-0.3, -0.25) is 0 Å². The second-order valence-electron chi connectivity index (χ2n) is 2.46. The highest BCUT2D eigenvalue weighted by molar-refractivity contribution is 7.99. The van der Waals surface area contributed by atoms with Gasteiger partial charge in [-0.25, -0.2) is 0 Å². The van der Waals surface area contributed by atoms with E-state index in [1.165, 1.54) is 5.75 Å². The maximum absolute atomic E-state index is 4.90. The smallest absolute Gasteiger partial charge is 0.0552 e. The largest absolute Gasteiger partial charge is 0.384 e. The number of thioether (sulfide) groups is 1. The van der Waals surface area contributed by atoms with Crippen LogP contribution in [0, 0.1) is 5.92 Å². The Morgan fingerprint density at radius 1 is 1.44 bits per heavy atom. The standard InChI is InChI=1S/C7H16OS/c1-7(2)6-9-5-4-8-3/h7H,4-6H2,1-3H3. The Morgan fingerprint density at radius 2 is 2.11 bits per heavy atom. The molecule has 1 nitrogen and oxygen atoms in total. The van der Waals surface area contributed by atoms with Crippen molar-refractivity contribution in [1.82, 2.24) is 0 Å². The highest BCUT2D eigenvalue weighted by atomic mass is 32.2. The molecule has 0 N–H and O–H groups in total. The van der Waals surface area contributed by atoms with Crippen molar-refractivity contribution < 1.29 is 4.74 Å². The third-order valence-electron chi connectivity index (χ3n) is 0.883. The van der Waals surface area contributed by atoms with Crippen molar-refractivity contribution in [3.63, 3.8) is 0 Å². The second kappa shape index (κ2) is 6.43. The van der Waals surface area contributed by atoms with Gasteiger partial charge < -0.3 is 4.74 Å². The molecule has 0 rings (SSSR count). The molecular formula is C7H16OS. The van der Waals surface area contributed by atoms with E-state index in [4.69, 9.17) is 4.74 Å². The van der Waals surface area contributed by atoms with Crippen LogP contribution in [-0.2, 0) is 4.74 Å².